The van der Waals surface area contributed by atoms with Gasteiger partial charge < -0.3 is 9.64 Å². The van der Waals surface area contributed by atoms with E-state index in [9.17, 15) is 9.59 Å². The predicted octanol–water partition coefficient (Wildman–Crippen LogP) is 5.33. The van der Waals surface area contributed by atoms with Crippen molar-refractivity contribution in [2.75, 3.05) is 38.1 Å². The normalized spacial score (nSPS) is 14.6. The largest absolute Gasteiger partial charge is 0.428 e. The lowest BCUT2D eigenvalue weighted by molar-refractivity contribution is 0.0972. The Bertz CT molecular complexity index is 1180. The van der Waals surface area contributed by atoms with Crippen molar-refractivity contribution in [3.8, 4) is 5.88 Å². The molecule has 0 unspecified atom stereocenters. The summed E-state index contributed by atoms with van der Waals surface area (Å²) in [5, 5.41) is 4.78. The van der Waals surface area contributed by atoms with Crippen LogP contribution in [-0.2, 0) is 0 Å². The van der Waals surface area contributed by atoms with E-state index in [1.807, 2.05) is 7.05 Å². The van der Waals surface area contributed by atoms with Crippen LogP contribution < -0.4 is 15.1 Å². The van der Waals surface area contributed by atoms with Crippen molar-refractivity contribution in [2.45, 2.75) is 0 Å². The van der Waals surface area contributed by atoms with E-state index in [4.69, 9.17) is 39.5 Å². The van der Waals surface area contributed by atoms with Crippen LogP contribution in [0, 0.1) is 0 Å². The molecule has 2 aromatic carbocycles. The Morgan fingerprint density at radius 3 is 2.38 bits per heavy atom. The van der Waals surface area contributed by atoms with Gasteiger partial charge in [0.15, 0.2) is 0 Å². The second-order valence-electron chi connectivity index (χ2n) is 7.50. The number of nitrogens with one attached hydrogen (secondary N) is 1. The molecule has 0 saturated carbocycles. The van der Waals surface area contributed by atoms with Crippen molar-refractivity contribution < 1.29 is 14.3 Å². The van der Waals surface area contributed by atoms with E-state index >= 15 is 0 Å². The van der Waals surface area contributed by atoms with Gasteiger partial charge in [0.05, 0.1) is 21.7 Å². The summed E-state index contributed by atoms with van der Waals surface area (Å²) in [6.45, 7) is 3.06. The van der Waals surface area contributed by atoms with Gasteiger partial charge in [-0.05, 0) is 49.5 Å². The minimum atomic E-state index is -0.647. The van der Waals surface area contributed by atoms with Gasteiger partial charge in [-0.1, -0.05) is 34.8 Å². The zero-order valence-electron chi connectivity index (χ0n) is 18.0. The molecule has 1 aliphatic heterocycles. The zero-order valence-corrected chi connectivity index (χ0v) is 21.1. The predicted molar refractivity (Wildman–Crippen MR) is 135 cm³/mol. The molecule has 0 spiro atoms. The fourth-order valence-electron chi connectivity index (χ4n) is 3.25. The summed E-state index contributed by atoms with van der Waals surface area (Å²) < 4.78 is 5.35. The average Bonchev–Trinajstić information content (AvgIpc) is 3.24. The molecule has 0 radical (unpaired) electrons. The molecule has 1 aromatic heterocycles. The van der Waals surface area contributed by atoms with E-state index in [0.717, 1.165) is 24.4 Å². The maximum absolute atomic E-state index is 13.5. The van der Waals surface area contributed by atoms with Crippen molar-refractivity contribution in [3.63, 3.8) is 0 Å². The number of benzene rings is 2. The number of hydrazine groups is 1. The number of anilines is 2. The highest BCUT2D eigenvalue weighted by Crippen LogP contribution is 2.34. The molecule has 178 valence electrons. The van der Waals surface area contributed by atoms with E-state index in [2.05, 4.69) is 15.3 Å². The Hall–Kier alpha value is -2.40. The molecule has 0 atom stereocenters. The summed E-state index contributed by atoms with van der Waals surface area (Å²) in [6.07, 6.45) is -0.647. The number of carbonyl (C=O) groups excluding carboxylic acids is 2. The van der Waals surface area contributed by atoms with Crippen LogP contribution in [0.1, 0.15) is 10.4 Å². The zero-order chi connectivity index (χ0) is 24.2. The third-order valence-electron chi connectivity index (χ3n) is 5.06. The van der Waals surface area contributed by atoms with Gasteiger partial charge in [-0.3, -0.25) is 15.1 Å². The van der Waals surface area contributed by atoms with E-state index < -0.39 is 12.0 Å². The molecule has 0 aliphatic carbocycles. The first-order valence-corrected chi connectivity index (χ1v) is 12.2. The number of nitrogens with zero attached hydrogens (tertiary/aromatic N) is 4. The number of likely N-dealkylation sites (N-methyl/N-ethyl adjacent to an activating group) is 1. The van der Waals surface area contributed by atoms with Gasteiger partial charge in [-0.15, -0.1) is 11.3 Å². The van der Waals surface area contributed by atoms with Gasteiger partial charge in [0.2, 0.25) is 11.0 Å². The Balaban J connectivity index is 1.55. The molecule has 1 N–H and O–H groups in total. The van der Waals surface area contributed by atoms with Crippen LogP contribution in [0.3, 0.4) is 0 Å². The van der Waals surface area contributed by atoms with Gasteiger partial charge in [-0.2, -0.15) is 4.98 Å². The molecular weight excluding hydrogens is 521 g/mol. The average molecular weight is 541 g/mol. The summed E-state index contributed by atoms with van der Waals surface area (Å²) in [6, 6.07) is 11.3. The van der Waals surface area contributed by atoms with Crippen molar-refractivity contribution >= 4 is 69.0 Å². The molecule has 3 aromatic rings. The number of hydrogen-bond acceptors (Lipinski definition) is 7. The molecule has 2 amide bonds. The second kappa shape index (κ2) is 10.9. The van der Waals surface area contributed by atoms with E-state index in [1.165, 1.54) is 11.0 Å². The highest BCUT2D eigenvalue weighted by molar-refractivity contribution is 7.14. The van der Waals surface area contributed by atoms with Crippen LogP contribution >= 0.6 is 46.1 Å². The molecule has 34 heavy (non-hydrogen) atoms. The minimum Gasteiger partial charge on any atom is -0.389 e. The fraction of sp³-hybridized carbons (Fsp3) is 0.227. The van der Waals surface area contributed by atoms with Crippen LogP contribution in [0.15, 0.2) is 47.8 Å². The number of thiazole rings is 1. The number of halogens is 3. The Labute approximate surface area is 215 Å². The second-order valence-corrected chi connectivity index (χ2v) is 9.62. The maximum Gasteiger partial charge on any atom is 0.428 e. The Morgan fingerprint density at radius 2 is 1.71 bits per heavy atom. The lowest BCUT2D eigenvalue weighted by Gasteiger charge is -2.31. The summed E-state index contributed by atoms with van der Waals surface area (Å²) in [7, 11) is 2.03. The highest BCUT2D eigenvalue weighted by Gasteiger charge is 2.26. The van der Waals surface area contributed by atoms with E-state index in [0.29, 0.717) is 34.0 Å². The Morgan fingerprint density at radius 1 is 1.03 bits per heavy atom. The first-order valence-electron chi connectivity index (χ1n) is 10.2. The van der Waals surface area contributed by atoms with Crippen molar-refractivity contribution in [2.24, 2.45) is 0 Å². The number of hydrogen-bond donors (Lipinski definition) is 1. The standard InChI is InChI=1S/C22H20Cl3N5O3S/c1-28-8-10-29(11-9-28)27-22(32)33-19-13-34-21(26-19)30(16-5-2-14(23)3-6-16)20(31)17-7-4-15(24)12-18(17)25/h2-7,12-13H,8-11H2,1H3,(H,27,32). The van der Waals surface area contributed by atoms with Crippen molar-refractivity contribution in [1.82, 2.24) is 20.3 Å². The van der Waals surface area contributed by atoms with Crippen LogP contribution in [-0.4, -0.2) is 60.1 Å². The Kier molecular flexibility index (Phi) is 7.92. The summed E-state index contributed by atoms with van der Waals surface area (Å²) in [4.78, 5) is 33.7. The van der Waals surface area contributed by atoms with Gasteiger partial charge >= 0.3 is 6.09 Å². The summed E-state index contributed by atoms with van der Waals surface area (Å²) >= 11 is 19.4. The number of carbonyl (C=O) groups is 2. The number of aromatic nitrogens is 1. The maximum atomic E-state index is 13.5. The quantitative estimate of drug-likeness (QED) is 0.471. The molecular formula is C22H20Cl3N5O3S. The summed E-state index contributed by atoms with van der Waals surface area (Å²) in [5.74, 6) is -0.354. The number of piperazine rings is 1. The highest BCUT2D eigenvalue weighted by atomic mass is 35.5. The summed E-state index contributed by atoms with van der Waals surface area (Å²) in [5.41, 5.74) is 3.47. The number of ether oxygens (including phenoxy) is 1. The minimum absolute atomic E-state index is 0.0700. The molecule has 12 heteroatoms. The van der Waals surface area contributed by atoms with Gasteiger partial charge in [0.25, 0.3) is 5.91 Å². The first kappa shape index (κ1) is 24.7. The number of rotatable bonds is 5. The van der Waals surface area contributed by atoms with E-state index in [-0.39, 0.29) is 16.5 Å². The number of amides is 2. The SMILES string of the molecule is CN1CCN(NC(=O)Oc2csc(N(C(=O)c3ccc(Cl)cc3Cl)c3ccc(Cl)cc3)n2)CC1. The molecule has 1 aliphatic rings. The first-order chi connectivity index (χ1) is 16.3. The van der Waals surface area contributed by atoms with Crippen LogP contribution in [0.4, 0.5) is 15.6 Å². The topological polar surface area (TPSA) is 78.0 Å². The molecule has 4 rings (SSSR count). The molecule has 0 bridgehead atoms. The third-order valence-corrected chi connectivity index (χ3v) is 6.67. The lowest BCUT2D eigenvalue weighted by atomic mass is 10.2. The molecule has 2 heterocycles. The molecule has 8 nitrogen and oxygen atoms in total. The van der Waals surface area contributed by atoms with Crippen LogP contribution in [0.2, 0.25) is 15.1 Å². The van der Waals surface area contributed by atoms with Crippen LogP contribution in [0.25, 0.3) is 0 Å². The third kappa shape index (κ3) is 5.99. The van der Waals surface area contributed by atoms with Gasteiger partial charge in [-0.25, -0.2) is 9.80 Å². The van der Waals surface area contributed by atoms with Gasteiger partial charge in [0.1, 0.15) is 0 Å². The van der Waals surface area contributed by atoms with Gasteiger partial charge in [0, 0.05) is 36.2 Å². The van der Waals surface area contributed by atoms with Crippen LogP contribution in [0.5, 0.6) is 5.88 Å². The molecule has 1 saturated heterocycles. The van der Waals surface area contributed by atoms with E-state index in [1.54, 1.807) is 46.8 Å². The van der Waals surface area contributed by atoms with Crippen molar-refractivity contribution in [1.29, 1.82) is 0 Å². The smallest absolute Gasteiger partial charge is 0.389 e. The monoisotopic (exact) mass is 539 g/mol. The fourth-order valence-corrected chi connectivity index (χ4v) is 4.61. The lowest BCUT2D eigenvalue weighted by Crippen LogP contribution is -2.53. The molecule has 1 fully saturated rings. The van der Waals surface area contributed by atoms with Crippen molar-refractivity contribution in [3.05, 3.63) is 68.5 Å².